The minimum absolute atomic E-state index is 0.0648. The van der Waals surface area contributed by atoms with Crippen molar-refractivity contribution in [3.8, 4) is 5.75 Å². The number of halogens is 1. The Morgan fingerprint density at radius 2 is 1.78 bits per heavy atom. The molecule has 2 aromatic carbocycles. The maximum Gasteiger partial charge on any atom is 0.279 e. The molecule has 0 bridgehead atoms. The molecule has 0 aliphatic carbocycles. The first-order chi connectivity index (χ1) is 12.9. The van der Waals surface area contributed by atoms with Gasteiger partial charge >= 0.3 is 0 Å². The van der Waals surface area contributed by atoms with Gasteiger partial charge in [-0.2, -0.15) is 0 Å². The van der Waals surface area contributed by atoms with Crippen LogP contribution < -0.4 is 20.3 Å². The number of hydrogen-bond donors (Lipinski definition) is 3. The fraction of sp³-hybridized carbons (Fsp3) is 0.300. The lowest BCUT2D eigenvalue weighted by molar-refractivity contribution is -0.881. The van der Waals surface area contributed by atoms with E-state index in [9.17, 15) is 14.0 Å². The van der Waals surface area contributed by atoms with Crippen molar-refractivity contribution in [1.82, 2.24) is 0 Å². The average Bonchev–Trinajstić information content (AvgIpc) is 2.63. The normalized spacial score (nSPS) is 11.6. The van der Waals surface area contributed by atoms with E-state index in [1.807, 2.05) is 6.92 Å². The van der Waals surface area contributed by atoms with Gasteiger partial charge in [0.15, 0.2) is 13.1 Å². The number of anilines is 2. The second-order valence-electron chi connectivity index (χ2n) is 6.27. The SMILES string of the molecule is CC[NH+](CC(=O)Nc1cccc(OC)c1)CC(=O)Nc1ccc(C)cc1F. The van der Waals surface area contributed by atoms with Crippen LogP contribution in [0.5, 0.6) is 5.75 Å². The summed E-state index contributed by atoms with van der Waals surface area (Å²) in [4.78, 5) is 25.2. The first-order valence-electron chi connectivity index (χ1n) is 8.74. The number of methoxy groups -OCH3 is 1. The molecule has 0 aliphatic heterocycles. The van der Waals surface area contributed by atoms with Gasteiger partial charge in [-0.3, -0.25) is 9.59 Å². The second-order valence-corrected chi connectivity index (χ2v) is 6.27. The third kappa shape index (κ3) is 6.38. The summed E-state index contributed by atoms with van der Waals surface area (Å²) in [5.74, 6) is -0.387. The highest BCUT2D eigenvalue weighted by molar-refractivity contribution is 5.93. The zero-order valence-electron chi connectivity index (χ0n) is 15.8. The smallest absolute Gasteiger partial charge is 0.279 e. The number of carbonyl (C=O) groups excluding carboxylic acids is 2. The van der Waals surface area contributed by atoms with Crippen molar-refractivity contribution >= 4 is 23.2 Å². The summed E-state index contributed by atoms with van der Waals surface area (Å²) < 4.78 is 19.0. The van der Waals surface area contributed by atoms with Gasteiger partial charge in [0.05, 0.1) is 19.3 Å². The summed E-state index contributed by atoms with van der Waals surface area (Å²) >= 11 is 0. The number of aryl methyl sites for hydroxylation is 1. The lowest BCUT2D eigenvalue weighted by atomic mass is 10.2. The minimum Gasteiger partial charge on any atom is -0.497 e. The van der Waals surface area contributed by atoms with Gasteiger partial charge in [-0.15, -0.1) is 0 Å². The maximum absolute atomic E-state index is 13.8. The number of hydrogen-bond acceptors (Lipinski definition) is 3. The van der Waals surface area contributed by atoms with E-state index in [2.05, 4.69) is 10.6 Å². The number of amides is 2. The number of likely N-dealkylation sites (N-methyl/N-ethyl adjacent to an activating group) is 1. The first-order valence-corrected chi connectivity index (χ1v) is 8.74. The Kier molecular flexibility index (Phi) is 7.31. The Bertz CT molecular complexity index is 811. The van der Waals surface area contributed by atoms with E-state index < -0.39 is 5.82 Å². The summed E-state index contributed by atoms with van der Waals surface area (Å²) in [6.07, 6.45) is 0. The fourth-order valence-electron chi connectivity index (χ4n) is 2.59. The molecule has 1 unspecified atom stereocenters. The van der Waals surface area contributed by atoms with Gasteiger partial charge in [-0.25, -0.2) is 4.39 Å². The standard InChI is InChI=1S/C20H24FN3O3/c1-4-24(12-19(25)22-15-6-5-7-16(11-15)27-3)13-20(26)23-18-9-8-14(2)10-17(18)21/h5-11H,4,12-13H2,1-3H3,(H,22,25)(H,23,26)/p+1. The second kappa shape index (κ2) is 9.68. The molecule has 0 saturated carbocycles. The molecular weight excluding hydrogens is 349 g/mol. The van der Waals surface area contributed by atoms with Gasteiger partial charge in [0.1, 0.15) is 11.6 Å². The van der Waals surface area contributed by atoms with Crippen LogP contribution in [0.15, 0.2) is 42.5 Å². The molecule has 0 fully saturated rings. The summed E-state index contributed by atoms with van der Waals surface area (Å²) in [6, 6.07) is 11.7. The quantitative estimate of drug-likeness (QED) is 0.658. The van der Waals surface area contributed by atoms with Crippen LogP contribution >= 0.6 is 0 Å². The van der Waals surface area contributed by atoms with Gasteiger partial charge in [0, 0.05) is 11.8 Å². The Morgan fingerprint density at radius 3 is 2.41 bits per heavy atom. The van der Waals surface area contributed by atoms with E-state index in [1.165, 1.54) is 12.1 Å². The highest BCUT2D eigenvalue weighted by Crippen LogP contribution is 2.16. The van der Waals surface area contributed by atoms with E-state index in [-0.39, 0.29) is 30.6 Å². The molecule has 0 radical (unpaired) electrons. The number of quaternary nitrogens is 1. The Labute approximate surface area is 158 Å². The molecular formula is C20H25FN3O3+. The van der Waals surface area contributed by atoms with Crippen molar-refractivity contribution in [2.45, 2.75) is 13.8 Å². The predicted molar refractivity (Wildman–Crippen MR) is 103 cm³/mol. The Morgan fingerprint density at radius 1 is 1.07 bits per heavy atom. The van der Waals surface area contributed by atoms with E-state index in [4.69, 9.17) is 4.74 Å². The molecule has 2 amide bonds. The van der Waals surface area contributed by atoms with Gasteiger partial charge in [0.2, 0.25) is 0 Å². The largest absolute Gasteiger partial charge is 0.497 e. The maximum atomic E-state index is 13.8. The zero-order valence-corrected chi connectivity index (χ0v) is 15.8. The molecule has 0 heterocycles. The van der Waals surface area contributed by atoms with Crippen molar-refractivity contribution in [3.63, 3.8) is 0 Å². The van der Waals surface area contributed by atoms with E-state index >= 15 is 0 Å². The molecule has 3 N–H and O–H groups in total. The van der Waals surface area contributed by atoms with E-state index in [1.54, 1.807) is 44.4 Å². The topological polar surface area (TPSA) is 71.9 Å². The molecule has 1 atom stereocenters. The van der Waals surface area contributed by atoms with Crippen molar-refractivity contribution < 1.29 is 23.6 Å². The van der Waals surface area contributed by atoms with Crippen molar-refractivity contribution in [2.75, 3.05) is 37.4 Å². The summed E-state index contributed by atoms with van der Waals surface area (Å²) in [5, 5.41) is 5.35. The third-order valence-electron chi connectivity index (χ3n) is 4.07. The molecule has 144 valence electrons. The van der Waals surface area contributed by atoms with Gasteiger partial charge in [-0.1, -0.05) is 12.1 Å². The molecule has 0 spiro atoms. The monoisotopic (exact) mass is 374 g/mol. The molecule has 7 heteroatoms. The molecule has 0 aliphatic rings. The van der Waals surface area contributed by atoms with Crippen LogP contribution in [0.25, 0.3) is 0 Å². The molecule has 2 aromatic rings. The van der Waals surface area contributed by atoms with Crippen LogP contribution in [0.1, 0.15) is 12.5 Å². The number of carbonyl (C=O) groups is 2. The summed E-state index contributed by atoms with van der Waals surface area (Å²) in [7, 11) is 1.55. The van der Waals surface area contributed by atoms with Crippen LogP contribution in [-0.2, 0) is 9.59 Å². The molecule has 2 rings (SSSR count). The van der Waals surface area contributed by atoms with Crippen LogP contribution in [0, 0.1) is 12.7 Å². The van der Waals surface area contributed by atoms with Crippen LogP contribution in [-0.4, -0.2) is 38.6 Å². The van der Waals surface area contributed by atoms with Crippen LogP contribution in [0.2, 0.25) is 0 Å². The first kappa shape index (κ1) is 20.4. The van der Waals surface area contributed by atoms with Crippen molar-refractivity contribution in [2.24, 2.45) is 0 Å². The Balaban J connectivity index is 1.89. The Hall–Kier alpha value is -2.93. The third-order valence-corrected chi connectivity index (χ3v) is 4.07. The lowest BCUT2D eigenvalue weighted by Crippen LogP contribution is -3.13. The summed E-state index contributed by atoms with van der Waals surface area (Å²) in [5.41, 5.74) is 1.54. The molecule has 0 aromatic heterocycles. The number of nitrogens with one attached hydrogen (secondary N) is 3. The number of benzene rings is 2. The average molecular weight is 374 g/mol. The summed E-state index contributed by atoms with van der Waals surface area (Å²) in [6.45, 7) is 4.43. The van der Waals surface area contributed by atoms with Gasteiger partial charge in [-0.05, 0) is 43.7 Å². The highest BCUT2D eigenvalue weighted by atomic mass is 19.1. The van der Waals surface area contributed by atoms with Crippen LogP contribution in [0.4, 0.5) is 15.8 Å². The number of ether oxygens (including phenoxy) is 1. The minimum atomic E-state index is -0.475. The predicted octanol–water partition coefficient (Wildman–Crippen LogP) is 1.62. The van der Waals surface area contributed by atoms with Gasteiger partial charge < -0.3 is 20.3 Å². The molecule has 27 heavy (non-hydrogen) atoms. The lowest BCUT2D eigenvalue weighted by Gasteiger charge is -2.17. The van der Waals surface area contributed by atoms with Crippen molar-refractivity contribution in [1.29, 1.82) is 0 Å². The fourth-order valence-corrected chi connectivity index (χ4v) is 2.59. The van der Waals surface area contributed by atoms with Gasteiger partial charge in [0.25, 0.3) is 11.8 Å². The van der Waals surface area contributed by atoms with Crippen LogP contribution in [0.3, 0.4) is 0 Å². The zero-order chi connectivity index (χ0) is 19.8. The molecule has 0 saturated heterocycles. The number of rotatable bonds is 8. The molecule has 6 nitrogen and oxygen atoms in total. The van der Waals surface area contributed by atoms with Crippen molar-refractivity contribution in [3.05, 3.63) is 53.8 Å². The van der Waals surface area contributed by atoms with E-state index in [0.717, 1.165) is 10.5 Å². The highest BCUT2D eigenvalue weighted by Gasteiger charge is 2.18. The van der Waals surface area contributed by atoms with E-state index in [0.29, 0.717) is 18.0 Å².